The Balaban J connectivity index is 1.35. The Morgan fingerprint density at radius 2 is 1.68 bits per heavy atom. The highest BCUT2D eigenvalue weighted by Gasteiger charge is 2.30. The van der Waals surface area contributed by atoms with Crippen molar-refractivity contribution >= 4 is 39.3 Å². The van der Waals surface area contributed by atoms with Gasteiger partial charge in [-0.1, -0.05) is 74.4 Å². The minimum absolute atomic E-state index is 0.0641. The summed E-state index contributed by atoms with van der Waals surface area (Å²) in [4.78, 5) is 14.7. The third-order valence-electron chi connectivity index (χ3n) is 8.45. The molecule has 0 radical (unpaired) electrons. The first-order valence-electron chi connectivity index (χ1n) is 14.5. The summed E-state index contributed by atoms with van der Waals surface area (Å²) < 4.78 is 12.9. The van der Waals surface area contributed by atoms with Gasteiger partial charge in [-0.25, -0.2) is 0 Å². The number of nitrogens with zero attached hydrogens (tertiary/aromatic N) is 1. The summed E-state index contributed by atoms with van der Waals surface area (Å²) in [5, 5.41) is 2.49. The van der Waals surface area contributed by atoms with Gasteiger partial charge in [0, 0.05) is 23.6 Å². The number of hydrogen-bond acceptors (Lipinski definition) is 4. The van der Waals surface area contributed by atoms with Gasteiger partial charge in [-0.15, -0.1) is 0 Å². The van der Waals surface area contributed by atoms with Gasteiger partial charge in [-0.2, -0.15) is 0 Å². The van der Waals surface area contributed by atoms with E-state index in [2.05, 4.69) is 84.7 Å². The van der Waals surface area contributed by atoms with Crippen LogP contribution in [0.2, 0.25) is 0 Å². The fourth-order valence-corrected chi connectivity index (χ4v) is 6.44. The van der Waals surface area contributed by atoms with Crippen LogP contribution in [-0.4, -0.2) is 40.6 Å². The Kier molecular flexibility index (Phi) is 10.6. The minimum atomic E-state index is -0.0641. The maximum atomic E-state index is 12.2. The topological polar surface area (TPSA) is 38.8 Å². The summed E-state index contributed by atoms with van der Waals surface area (Å²) in [5.41, 5.74) is 1.71. The van der Waals surface area contributed by atoms with Crippen LogP contribution in [0.4, 0.5) is 0 Å². The Morgan fingerprint density at radius 3 is 2.38 bits per heavy atom. The van der Waals surface area contributed by atoms with Crippen molar-refractivity contribution in [2.24, 2.45) is 11.3 Å². The van der Waals surface area contributed by atoms with Gasteiger partial charge in [-0.3, -0.25) is 9.69 Å². The number of rotatable bonds is 11. The van der Waals surface area contributed by atoms with Crippen molar-refractivity contribution in [2.75, 3.05) is 17.6 Å². The summed E-state index contributed by atoms with van der Waals surface area (Å²) in [7, 11) is 0. The lowest BCUT2D eigenvalue weighted by Gasteiger charge is -2.37. The number of halogens is 1. The van der Waals surface area contributed by atoms with E-state index in [4.69, 9.17) is 9.47 Å². The molecule has 2 fully saturated rings. The number of alkyl halides is 1. The molecule has 0 amide bonds. The summed E-state index contributed by atoms with van der Waals surface area (Å²) in [6.07, 6.45) is 11.6. The Morgan fingerprint density at radius 1 is 0.973 bits per heavy atom. The van der Waals surface area contributed by atoms with Gasteiger partial charge in [0.25, 0.3) is 0 Å². The largest absolute Gasteiger partial charge is 0.490 e. The molecule has 2 aromatic carbocycles. The highest BCUT2D eigenvalue weighted by Crippen LogP contribution is 2.39. The van der Waals surface area contributed by atoms with Crippen molar-refractivity contribution in [3.63, 3.8) is 0 Å². The van der Waals surface area contributed by atoms with E-state index in [9.17, 15) is 4.79 Å². The highest BCUT2D eigenvalue weighted by molar-refractivity contribution is 14.1. The van der Waals surface area contributed by atoms with Gasteiger partial charge >= 0.3 is 5.97 Å². The molecular formula is C32H46INO3. The average molecular weight is 620 g/mol. The zero-order valence-corrected chi connectivity index (χ0v) is 25.3. The maximum absolute atomic E-state index is 12.2. The number of ether oxygens (including phenoxy) is 2. The van der Waals surface area contributed by atoms with Crippen molar-refractivity contribution in [1.29, 1.82) is 0 Å². The maximum Gasteiger partial charge on any atom is 0.307 e. The lowest BCUT2D eigenvalue weighted by Crippen LogP contribution is -2.34. The fraction of sp³-hybridized carbons (Fsp3) is 0.656. The minimum Gasteiger partial charge on any atom is -0.490 e. The number of fused-ring (bicyclic) bond motifs is 1. The van der Waals surface area contributed by atoms with Crippen LogP contribution in [0.5, 0.6) is 5.75 Å². The van der Waals surface area contributed by atoms with Crippen LogP contribution in [-0.2, 0) is 16.1 Å². The van der Waals surface area contributed by atoms with Crippen LogP contribution in [0.1, 0.15) is 90.5 Å². The normalized spacial score (nSPS) is 21.0. The summed E-state index contributed by atoms with van der Waals surface area (Å²) >= 11 is 2.32. The molecule has 0 spiro atoms. The molecule has 2 aliphatic rings. The molecule has 0 atom stereocenters. The molecule has 0 aromatic heterocycles. The predicted octanol–water partition coefficient (Wildman–Crippen LogP) is 8.33. The SMILES string of the molecule is CC(C)(C)[C@H]1CC[C@H](Oc2ccc3cc(CN(CCC(=O)OCCCI)C4CCCC4)ccc3c2)CC1. The molecule has 0 saturated heterocycles. The highest BCUT2D eigenvalue weighted by atomic mass is 127. The third-order valence-corrected chi connectivity index (χ3v) is 9.21. The molecule has 0 N–H and O–H groups in total. The average Bonchev–Trinajstić information content (AvgIpc) is 3.41. The van der Waals surface area contributed by atoms with Gasteiger partial charge in [0.1, 0.15) is 5.75 Å². The van der Waals surface area contributed by atoms with Crippen molar-refractivity contribution in [2.45, 2.75) is 104 Å². The van der Waals surface area contributed by atoms with E-state index in [1.165, 1.54) is 54.9 Å². The quantitative estimate of drug-likeness (QED) is 0.110. The molecule has 0 bridgehead atoms. The van der Waals surface area contributed by atoms with Crippen LogP contribution in [0.15, 0.2) is 36.4 Å². The van der Waals surface area contributed by atoms with Gasteiger partial charge < -0.3 is 9.47 Å². The van der Waals surface area contributed by atoms with E-state index in [-0.39, 0.29) is 5.97 Å². The molecule has 2 aliphatic carbocycles. The van der Waals surface area contributed by atoms with Gasteiger partial charge in [0.05, 0.1) is 19.1 Å². The van der Waals surface area contributed by atoms with E-state index in [0.717, 1.165) is 48.4 Å². The molecule has 2 saturated carbocycles. The van der Waals surface area contributed by atoms with Crippen molar-refractivity contribution in [3.05, 3.63) is 42.0 Å². The fourth-order valence-electron chi connectivity index (χ4n) is 6.13. The summed E-state index contributed by atoms with van der Waals surface area (Å²) in [5.74, 6) is 1.73. The van der Waals surface area contributed by atoms with Crippen LogP contribution in [0.25, 0.3) is 10.8 Å². The van der Waals surface area contributed by atoms with Crippen LogP contribution < -0.4 is 4.74 Å². The zero-order chi connectivity index (χ0) is 26.3. The van der Waals surface area contributed by atoms with E-state index in [1.54, 1.807) is 0 Å². The van der Waals surface area contributed by atoms with Crippen molar-refractivity contribution in [3.8, 4) is 5.75 Å². The smallest absolute Gasteiger partial charge is 0.307 e. The Hall–Kier alpha value is -1.34. The first kappa shape index (κ1) is 28.7. The monoisotopic (exact) mass is 619 g/mol. The molecule has 4 rings (SSSR count). The second-order valence-electron chi connectivity index (χ2n) is 12.2. The first-order chi connectivity index (χ1) is 17.8. The van der Waals surface area contributed by atoms with Gasteiger partial charge in [0.2, 0.25) is 0 Å². The Bertz CT molecular complexity index is 1000. The Labute approximate surface area is 238 Å². The lowest BCUT2D eigenvalue weighted by atomic mass is 9.72. The lowest BCUT2D eigenvalue weighted by molar-refractivity contribution is -0.144. The van der Waals surface area contributed by atoms with Crippen LogP contribution in [0.3, 0.4) is 0 Å². The number of esters is 1. The van der Waals surface area contributed by atoms with Crippen LogP contribution in [0, 0.1) is 11.3 Å². The summed E-state index contributed by atoms with van der Waals surface area (Å²) in [6, 6.07) is 13.9. The molecule has 5 heteroatoms. The number of benzene rings is 2. The number of carbonyl (C=O) groups excluding carboxylic acids is 1. The van der Waals surface area contributed by atoms with Crippen molar-refractivity contribution < 1.29 is 14.3 Å². The second-order valence-corrected chi connectivity index (χ2v) is 13.3. The van der Waals surface area contributed by atoms with E-state index < -0.39 is 0 Å². The summed E-state index contributed by atoms with van der Waals surface area (Å²) in [6.45, 7) is 9.30. The first-order valence-corrected chi connectivity index (χ1v) is 16.0. The predicted molar refractivity (Wildman–Crippen MR) is 162 cm³/mol. The molecule has 2 aromatic rings. The molecule has 37 heavy (non-hydrogen) atoms. The molecule has 204 valence electrons. The third kappa shape index (κ3) is 8.58. The molecule has 0 aliphatic heterocycles. The molecular weight excluding hydrogens is 573 g/mol. The molecule has 0 unspecified atom stereocenters. The van der Waals surface area contributed by atoms with E-state index >= 15 is 0 Å². The number of hydrogen-bond donors (Lipinski definition) is 0. The second kappa shape index (κ2) is 13.6. The van der Waals surface area contributed by atoms with Gasteiger partial charge in [0.15, 0.2) is 0 Å². The number of carbonyl (C=O) groups is 1. The van der Waals surface area contributed by atoms with E-state index in [1.807, 2.05) is 0 Å². The van der Waals surface area contributed by atoms with Crippen LogP contribution >= 0.6 is 22.6 Å². The molecule has 0 heterocycles. The standard InChI is InChI=1S/C32H46INO3/c1-32(2,3)27-12-15-29(16-13-27)37-30-14-11-25-21-24(9-10-26(25)22-30)23-34(28-7-4-5-8-28)19-17-31(35)36-20-6-18-33/h9-11,14,21-22,27-29H,4-8,12-13,15-20,23H2,1-3H3/t27-,29-. The van der Waals surface area contributed by atoms with E-state index in [0.29, 0.717) is 30.6 Å². The van der Waals surface area contributed by atoms with Crippen molar-refractivity contribution in [1.82, 2.24) is 4.90 Å². The van der Waals surface area contributed by atoms with Gasteiger partial charge in [-0.05, 0) is 90.8 Å². The molecule has 4 nitrogen and oxygen atoms in total. The zero-order valence-electron chi connectivity index (χ0n) is 23.1.